The molecular weight excluding hydrogens is 386 g/mol. The van der Waals surface area contributed by atoms with E-state index in [1.165, 1.54) is 0 Å². The van der Waals surface area contributed by atoms with Crippen LogP contribution in [-0.4, -0.2) is 20.4 Å². The zero-order chi connectivity index (χ0) is 19.2. The minimum Gasteiger partial charge on any atom is -0.350 e. The first-order valence-electron chi connectivity index (χ1n) is 8.43. The van der Waals surface area contributed by atoms with Crippen LogP contribution in [0.15, 0.2) is 54.6 Å². The summed E-state index contributed by atoms with van der Waals surface area (Å²) >= 11 is 0. The minimum atomic E-state index is -3.44. The molecule has 0 saturated heterocycles. The van der Waals surface area contributed by atoms with E-state index >= 15 is 0 Å². The zero-order valence-corrected chi connectivity index (χ0v) is 17.0. The third-order valence-corrected chi connectivity index (χ3v) is 5.29. The number of carbonyl (C=O) groups is 1. The van der Waals surface area contributed by atoms with Crippen molar-refractivity contribution < 1.29 is 13.2 Å². The molecule has 0 radical (unpaired) electrons. The van der Waals surface area contributed by atoms with Gasteiger partial charge in [0.2, 0.25) is 15.9 Å². The molecule has 0 spiro atoms. The molecule has 2 aromatic rings. The Bertz CT molecular complexity index is 842. The van der Waals surface area contributed by atoms with E-state index < -0.39 is 16.1 Å². The highest BCUT2D eigenvalue weighted by Gasteiger charge is 2.18. The van der Waals surface area contributed by atoms with Crippen LogP contribution >= 0.6 is 12.4 Å². The van der Waals surface area contributed by atoms with Crippen molar-refractivity contribution in [2.75, 3.05) is 0 Å². The predicted molar refractivity (Wildman–Crippen MR) is 110 cm³/mol. The maximum absolute atomic E-state index is 12.3. The first kappa shape index (κ1) is 23.1. The topological polar surface area (TPSA) is 101 Å². The number of carbonyl (C=O) groups excluding carboxylic acids is 1. The van der Waals surface area contributed by atoms with Crippen molar-refractivity contribution in [2.45, 2.75) is 38.2 Å². The summed E-state index contributed by atoms with van der Waals surface area (Å²) in [7, 11) is -3.44. The van der Waals surface area contributed by atoms with Crippen molar-refractivity contribution in [3.8, 4) is 0 Å². The maximum atomic E-state index is 12.3. The smallest absolute Gasteiger partial charge is 0.241 e. The summed E-state index contributed by atoms with van der Waals surface area (Å²) in [6.45, 7) is 3.76. The van der Waals surface area contributed by atoms with Crippen LogP contribution in [0.2, 0.25) is 0 Å². The van der Waals surface area contributed by atoms with Crippen molar-refractivity contribution >= 4 is 28.3 Å². The molecule has 27 heavy (non-hydrogen) atoms. The fourth-order valence-electron chi connectivity index (χ4n) is 2.58. The highest BCUT2D eigenvalue weighted by atomic mass is 35.5. The van der Waals surface area contributed by atoms with Gasteiger partial charge in [-0.2, -0.15) is 0 Å². The van der Waals surface area contributed by atoms with E-state index in [9.17, 15) is 13.2 Å². The Morgan fingerprint density at radius 1 is 1.00 bits per heavy atom. The van der Waals surface area contributed by atoms with Crippen molar-refractivity contribution in [2.24, 2.45) is 5.73 Å². The van der Waals surface area contributed by atoms with E-state index in [2.05, 4.69) is 10.0 Å². The van der Waals surface area contributed by atoms with E-state index in [4.69, 9.17) is 5.73 Å². The molecule has 1 atom stereocenters. The summed E-state index contributed by atoms with van der Waals surface area (Å²) in [5.74, 6) is -0.448. The minimum absolute atomic E-state index is 0. The van der Waals surface area contributed by atoms with Crippen LogP contribution in [0.5, 0.6) is 0 Å². The molecule has 4 N–H and O–H groups in total. The molecule has 2 aromatic carbocycles. The van der Waals surface area contributed by atoms with Gasteiger partial charge >= 0.3 is 0 Å². The molecule has 0 heterocycles. The molecule has 8 heteroatoms. The van der Waals surface area contributed by atoms with E-state index in [0.717, 1.165) is 11.1 Å². The number of sulfonamides is 1. The van der Waals surface area contributed by atoms with Gasteiger partial charge in [0.25, 0.3) is 0 Å². The Balaban J connectivity index is 0.00000364. The van der Waals surface area contributed by atoms with Gasteiger partial charge in [-0.1, -0.05) is 54.6 Å². The second kappa shape index (κ2) is 10.4. The Hall–Kier alpha value is -1.93. The van der Waals surface area contributed by atoms with Crippen LogP contribution in [0, 0.1) is 0 Å². The normalized spacial score (nSPS) is 12.3. The summed E-state index contributed by atoms with van der Waals surface area (Å²) < 4.78 is 26.9. The Morgan fingerprint density at radius 3 is 2.15 bits per heavy atom. The molecule has 148 valence electrons. The summed E-state index contributed by atoms with van der Waals surface area (Å²) in [5.41, 5.74) is 8.10. The fraction of sp³-hybridized carbons (Fsp3) is 0.316. The van der Waals surface area contributed by atoms with Gasteiger partial charge < -0.3 is 11.1 Å². The molecule has 0 saturated carbocycles. The van der Waals surface area contributed by atoms with Crippen LogP contribution in [0.4, 0.5) is 0 Å². The molecule has 0 bridgehead atoms. The molecule has 1 unspecified atom stereocenters. The fourth-order valence-corrected chi connectivity index (χ4v) is 4.07. The number of nitrogens with two attached hydrogens (primary N) is 1. The van der Waals surface area contributed by atoms with Crippen molar-refractivity contribution in [1.82, 2.24) is 10.0 Å². The highest BCUT2D eigenvalue weighted by molar-refractivity contribution is 7.88. The third-order valence-electron chi connectivity index (χ3n) is 3.77. The number of halogens is 1. The summed E-state index contributed by atoms with van der Waals surface area (Å²) in [6, 6.07) is 15.3. The van der Waals surface area contributed by atoms with E-state index in [-0.39, 0.29) is 36.7 Å². The van der Waals surface area contributed by atoms with Crippen molar-refractivity contribution in [3.05, 3.63) is 71.3 Å². The van der Waals surface area contributed by atoms with Gasteiger partial charge in [0.15, 0.2) is 0 Å². The Morgan fingerprint density at radius 2 is 1.56 bits per heavy atom. The summed E-state index contributed by atoms with van der Waals surface area (Å²) in [4.78, 5) is 12.3. The second-order valence-electron chi connectivity index (χ2n) is 6.41. The lowest BCUT2D eigenvalue weighted by Crippen LogP contribution is -2.34. The number of rotatable bonds is 8. The van der Waals surface area contributed by atoms with Gasteiger partial charge in [-0.25, -0.2) is 13.1 Å². The molecule has 2 rings (SSSR count). The monoisotopic (exact) mass is 411 g/mol. The zero-order valence-electron chi connectivity index (χ0n) is 15.4. The Labute approximate surface area is 167 Å². The average molecular weight is 412 g/mol. The van der Waals surface area contributed by atoms with E-state index in [1.54, 1.807) is 44.2 Å². The number of hydrogen-bond acceptors (Lipinski definition) is 4. The van der Waals surface area contributed by atoms with Gasteiger partial charge in [0, 0.05) is 12.6 Å². The number of nitrogens with one attached hydrogen (secondary N) is 2. The first-order valence-corrected chi connectivity index (χ1v) is 10.1. The number of amides is 1. The van der Waals surface area contributed by atoms with Crippen LogP contribution in [0.1, 0.15) is 36.6 Å². The molecule has 0 aromatic heterocycles. The average Bonchev–Trinajstić information content (AvgIpc) is 2.59. The van der Waals surface area contributed by atoms with Crippen LogP contribution in [0.3, 0.4) is 0 Å². The molecule has 6 nitrogen and oxygen atoms in total. The number of hydrogen-bond donors (Lipinski definition) is 3. The highest BCUT2D eigenvalue weighted by Crippen LogP contribution is 2.14. The molecule has 0 aliphatic rings. The molecule has 0 fully saturated rings. The van der Waals surface area contributed by atoms with Gasteiger partial charge in [0.05, 0.1) is 5.75 Å². The summed E-state index contributed by atoms with van der Waals surface area (Å²) in [5, 5.41) is 2.78. The summed E-state index contributed by atoms with van der Waals surface area (Å²) in [6.07, 6.45) is 0. The van der Waals surface area contributed by atoms with Crippen LogP contribution < -0.4 is 15.8 Å². The number of benzene rings is 2. The molecule has 0 aliphatic carbocycles. The van der Waals surface area contributed by atoms with Crippen LogP contribution in [0.25, 0.3) is 0 Å². The largest absolute Gasteiger partial charge is 0.350 e. The lowest BCUT2D eigenvalue weighted by Gasteiger charge is -2.15. The standard InChI is InChI=1S/C19H25N3O3S.ClH/c1-14(2)22-26(24,25)13-17-11-7-6-10-16(17)12-21-19(23)18(20)15-8-4-3-5-9-15;/h3-11,14,18,22H,12-13,20H2,1-2H3,(H,21,23);1H. The SMILES string of the molecule is CC(C)NS(=O)(=O)Cc1ccccc1CNC(=O)C(N)c1ccccc1.Cl. The second-order valence-corrected chi connectivity index (χ2v) is 8.16. The van der Waals surface area contributed by atoms with E-state index in [1.807, 2.05) is 24.3 Å². The molecule has 0 aliphatic heterocycles. The van der Waals surface area contributed by atoms with Gasteiger partial charge in [0.1, 0.15) is 6.04 Å². The lowest BCUT2D eigenvalue weighted by molar-refractivity contribution is -0.122. The van der Waals surface area contributed by atoms with Crippen LogP contribution in [-0.2, 0) is 27.1 Å². The van der Waals surface area contributed by atoms with Gasteiger partial charge in [-0.15, -0.1) is 12.4 Å². The van der Waals surface area contributed by atoms with E-state index in [0.29, 0.717) is 5.56 Å². The molecular formula is C19H26ClN3O3S. The quantitative estimate of drug-likeness (QED) is 0.620. The first-order chi connectivity index (χ1) is 12.3. The van der Waals surface area contributed by atoms with Gasteiger partial charge in [-0.05, 0) is 30.5 Å². The predicted octanol–water partition coefficient (Wildman–Crippen LogP) is 2.25. The van der Waals surface area contributed by atoms with Gasteiger partial charge in [-0.3, -0.25) is 4.79 Å². The van der Waals surface area contributed by atoms with Crippen molar-refractivity contribution in [3.63, 3.8) is 0 Å². The maximum Gasteiger partial charge on any atom is 0.241 e. The molecule has 1 amide bonds. The Kier molecular flexibility index (Phi) is 8.92. The van der Waals surface area contributed by atoms with Crippen molar-refractivity contribution in [1.29, 1.82) is 0 Å². The third kappa shape index (κ3) is 7.30. The lowest BCUT2D eigenvalue weighted by atomic mass is 10.1.